The van der Waals surface area contributed by atoms with Gasteiger partial charge in [-0.25, -0.2) is 4.79 Å². The van der Waals surface area contributed by atoms with Crippen molar-refractivity contribution in [1.29, 1.82) is 0 Å². The first-order chi connectivity index (χ1) is 11.4. The number of nitrogens with one attached hydrogen (secondary N) is 1. The van der Waals surface area contributed by atoms with Gasteiger partial charge in [-0.05, 0) is 57.1 Å². The van der Waals surface area contributed by atoms with Crippen LogP contribution in [0.3, 0.4) is 0 Å². The number of hydrogen-bond acceptors (Lipinski definition) is 2. The summed E-state index contributed by atoms with van der Waals surface area (Å²) < 4.78 is 5.74. The monoisotopic (exact) mass is 334 g/mol. The zero-order valence-electron chi connectivity index (χ0n) is 16.0. The number of hydrogen-bond donors (Lipinski definition) is 1. The quantitative estimate of drug-likeness (QED) is 0.780. The van der Waals surface area contributed by atoms with E-state index in [1.54, 1.807) is 0 Å². The molecule has 1 aliphatic carbocycles. The molecular weight excluding hydrogens is 300 g/mol. The fourth-order valence-corrected chi connectivity index (χ4v) is 3.55. The molecule has 1 saturated heterocycles. The summed E-state index contributed by atoms with van der Waals surface area (Å²) in [4.78, 5) is 14.4. The molecule has 0 aromatic rings. The Labute approximate surface area is 147 Å². The molecule has 2 aliphatic rings. The summed E-state index contributed by atoms with van der Waals surface area (Å²) in [7, 11) is 0. The van der Waals surface area contributed by atoms with Gasteiger partial charge >= 0.3 is 6.03 Å². The van der Waals surface area contributed by atoms with Crippen LogP contribution in [0.15, 0.2) is 23.3 Å². The van der Waals surface area contributed by atoms with Crippen molar-refractivity contribution in [2.45, 2.75) is 78.6 Å². The SMILES string of the molecule is C/C=C1/CCCC[C@@H](NC(=O)N2CC(OC(C)C)C2)/C1=C/C(C)C. The number of rotatable bonds is 4. The van der Waals surface area contributed by atoms with E-state index in [1.165, 1.54) is 17.6 Å². The van der Waals surface area contributed by atoms with E-state index in [2.05, 4.69) is 38.2 Å². The second-order valence-electron chi connectivity index (χ2n) is 7.64. The third kappa shape index (κ3) is 5.10. The highest BCUT2D eigenvalue weighted by molar-refractivity contribution is 5.76. The Morgan fingerprint density at radius 2 is 1.96 bits per heavy atom. The number of carbonyl (C=O) groups excluding carboxylic acids is 1. The molecular formula is C20H34N2O2. The van der Waals surface area contributed by atoms with Crippen LogP contribution in [0.1, 0.15) is 60.3 Å². The van der Waals surface area contributed by atoms with Crippen LogP contribution in [-0.2, 0) is 4.74 Å². The molecule has 1 aliphatic heterocycles. The maximum absolute atomic E-state index is 12.6. The standard InChI is InChI=1S/C20H34N2O2/c1-6-16-9-7-8-10-19(18(16)11-14(2)3)21-20(23)22-12-17(13-22)24-15(4)5/h6,11,14-15,17,19H,7-10,12-13H2,1-5H3,(H,21,23)/b16-6-,18-11+/t19-/m1/s1. The Hall–Kier alpha value is -1.29. The minimum atomic E-state index is 0.0515. The molecule has 0 aromatic carbocycles. The molecule has 1 heterocycles. The average molecular weight is 335 g/mol. The van der Waals surface area contributed by atoms with Crippen molar-refractivity contribution in [2.24, 2.45) is 5.92 Å². The van der Waals surface area contributed by atoms with Gasteiger partial charge < -0.3 is 15.0 Å². The number of nitrogens with zero attached hydrogens (tertiary/aromatic N) is 1. The van der Waals surface area contributed by atoms with Crippen molar-refractivity contribution in [2.75, 3.05) is 13.1 Å². The van der Waals surface area contributed by atoms with Crippen LogP contribution >= 0.6 is 0 Å². The van der Waals surface area contributed by atoms with Gasteiger partial charge in [-0.3, -0.25) is 0 Å². The molecule has 0 unspecified atom stereocenters. The second-order valence-corrected chi connectivity index (χ2v) is 7.64. The van der Waals surface area contributed by atoms with E-state index in [-0.39, 0.29) is 24.3 Å². The highest BCUT2D eigenvalue weighted by Crippen LogP contribution is 2.29. The number of allylic oxidation sites excluding steroid dienone is 2. The molecule has 24 heavy (non-hydrogen) atoms. The number of ether oxygens (including phenoxy) is 1. The third-order valence-corrected chi connectivity index (χ3v) is 4.69. The maximum atomic E-state index is 12.6. The molecule has 0 aromatic heterocycles. The van der Waals surface area contributed by atoms with Crippen molar-refractivity contribution in [3.05, 3.63) is 23.3 Å². The van der Waals surface area contributed by atoms with E-state index in [0.29, 0.717) is 19.0 Å². The summed E-state index contributed by atoms with van der Waals surface area (Å²) in [6.07, 6.45) is 9.48. The zero-order valence-corrected chi connectivity index (χ0v) is 16.0. The molecule has 2 amide bonds. The topological polar surface area (TPSA) is 41.6 Å². The highest BCUT2D eigenvalue weighted by atomic mass is 16.5. The van der Waals surface area contributed by atoms with Gasteiger partial charge in [0.25, 0.3) is 0 Å². The average Bonchev–Trinajstić information content (AvgIpc) is 2.64. The summed E-state index contributed by atoms with van der Waals surface area (Å²) >= 11 is 0. The fraction of sp³-hybridized carbons (Fsp3) is 0.750. The summed E-state index contributed by atoms with van der Waals surface area (Å²) in [5, 5.41) is 3.28. The minimum Gasteiger partial charge on any atom is -0.372 e. The van der Waals surface area contributed by atoms with Crippen molar-refractivity contribution >= 4 is 6.03 Å². The van der Waals surface area contributed by atoms with E-state index in [4.69, 9.17) is 4.74 Å². The highest BCUT2D eigenvalue weighted by Gasteiger charge is 2.33. The number of amides is 2. The van der Waals surface area contributed by atoms with E-state index in [0.717, 1.165) is 19.3 Å². The molecule has 1 saturated carbocycles. The smallest absolute Gasteiger partial charge is 0.318 e. The predicted octanol–water partition coefficient (Wildman–Crippen LogP) is 4.28. The first-order valence-corrected chi connectivity index (χ1v) is 9.48. The van der Waals surface area contributed by atoms with E-state index < -0.39 is 0 Å². The van der Waals surface area contributed by atoms with Gasteiger partial charge in [0.1, 0.15) is 0 Å². The Morgan fingerprint density at radius 1 is 1.25 bits per heavy atom. The lowest BCUT2D eigenvalue weighted by Crippen LogP contribution is -2.59. The summed E-state index contributed by atoms with van der Waals surface area (Å²) in [5.74, 6) is 0.486. The number of likely N-dealkylation sites (tertiary alicyclic amines) is 1. The second kappa shape index (κ2) is 8.70. The van der Waals surface area contributed by atoms with E-state index in [1.807, 2.05) is 18.7 Å². The van der Waals surface area contributed by atoms with Gasteiger partial charge in [-0.15, -0.1) is 0 Å². The lowest BCUT2D eigenvalue weighted by molar-refractivity contribution is -0.0643. The molecule has 2 fully saturated rings. The van der Waals surface area contributed by atoms with Gasteiger partial charge in [0.05, 0.1) is 31.3 Å². The first kappa shape index (κ1) is 19.0. The van der Waals surface area contributed by atoms with Gasteiger partial charge in [0.2, 0.25) is 0 Å². The van der Waals surface area contributed by atoms with Gasteiger partial charge in [0.15, 0.2) is 0 Å². The van der Waals surface area contributed by atoms with Gasteiger partial charge in [0, 0.05) is 0 Å². The minimum absolute atomic E-state index is 0.0515. The largest absolute Gasteiger partial charge is 0.372 e. The Morgan fingerprint density at radius 3 is 2.54 bits per heavy atom. The van der Waals surface area contributed by atoms with Crippen LogP contribution in [0.5, 0.6) is 0 Å². The lowest BCUT2D eigenvalue weighted by atomic mass is 9.93. The normalized spacial score (nSPS) is 26.1. The summed E-state index contributed by atoms with van der Waals surface area (Å²) in [6, 6.07) is 0.189. The molecule has 0 radical (unpaired) electrons. The number of carbonyl (C=O) groups is 1. The first-order valence-electron chi connectivity index (χ1n) is 9.48. The summed E-state index contributed by atoms with van der Waals surface area (Å²) in [5.41, 5.74) is 2.73. The van der Waals surface area contributed by atoms with Crippen molar-refractivity contribution in [3.63, 3.8) is 0 Å². The van der Waals surface area contributed by atoms with Crippen LogP contribution < -0.4 is 5.32 Å². The Balaban J connectivity index is 1.99. The molecule has 1 atom stereocenters. The van der Waals surface area contributed by atoms with Crippen molar-refractivity contribution < 1.29 is 9.53 Å². The van der Waals surface area contributed by atoms with Crippen molar-refractivity contribution in [3.8, 4) is 0 Å². The van der Waals surface area contributed by atoms with Gasteiger partial charge in [-0.1, -0.05) is 32.4 Å². The summed E-state index contributed by atoms with van der Waals surface area (Å²) in [6.45, 7) is 12.0. The maximum Gasteiger partial charge on any atom is 0.318 e. The van der Waals surface area contributed by atoms with Crippen LogP contribution in [-0.4, -0.2) is 42.3 Å². The van der Waals surface area contributed by atoms with E-state index in [9.17, 15) is 4.79 Å². The molecule has 0 bridgehead atoms. The van der Waals surface area contributed by atoms with E-state index >= 15 is 0 Å². The fourth-order valence-electron chi connectivity index (χ4n) is 3.55. The van der Waals surface area contributed by atoms with Crippen LogP contribution in [0, 0.1) is 5.92 Å². The molecule has 2 rings (SSSR count). The lowest BCUT2D eigenvalue weighted by Gasteiger charge is -2.40. The number of urea groups is 1. The van der Waals surface area contributed by atoms with Gasteiger partial charge in [-0.2, -0.15) is 0 Å². The molecule has 1 N–H and O–H groups in total. The Bertz CT molecular complexity index is 488. The molecule has 4 nitrogen and oxygen atoms in total. The molecule has 0 spiro atoms. The molecule has 4 heteroatoms. The van der Waals surface area contributed by atoms with Crippen molar-refractivity contribution in [1.82, 2.24) is 10.2 Å². The Kier molecular flexibility index (Phi) is 6.90. The van der Waals surface area contributed by atoms with Crippen LogP contribution in [0.25, 0.3) is 0 Å². The van der Waals surface area contributed by atoms with Crippen LogP contribution in [0.2, 0.25) is 0 Å². The molecule has 136 valence electrons. The zero-order chi connectivity index (χ0) is 17.7. The third-order valence-electron chi connectivity index (χ3n) is 4.69. The predicted molar refractivity (Wildman–Crippen MR) is 99.0 cm³/mol. The van der Waals surface area contributed by atoms with Crippen LogP contribution in [0.4, 0.5) is 4.79 Å².